The number of primary amides is 1. The number of hydrogen-bond donors (Lipinski definition) is 2. The summed E-state index contributed by atoms with van der Waals surface area (Å²) in [7, 11) is 0. The van der Waals surface area contributed by atoms with Gasteiger partial charge >= 0.3 is 0 Å². The number of rotatable bonds is 2. The Morgan fingerprint density at radius 1 is 1.44 bits per heavy atom. The van der Waals surface area contributed by atoms with Crippen molar-refractivity contribution in [1.82, 2.24) is 0 Å². The summed E-state index contributed by atoms with van der Waals surface area (Å²) in [5, 5.41) is 0. The number of hydrogen-bond acceptors (Lipinski definition) is 4. The van der Waals surface area contributed by atoms with Crippen molar-refractivity contribution in [3.05, 3.63) is 24.3 Å². The van der Waals surface area contributed by atoms with Gasteiger partial charge in [-0.2, -0.15) is 0 Å². The molecule has 4 N–H and O–H groups in total. The van der Waals surface area contributed by atoms with Gasteiger partial charge in [-0.3, -0.25) is 9.59 Å². The van der Waals surface area contributed by atoms with Crippen molar-refractivity contribution in [2.24, 2.45) is 11.5 Å². The molecule has 0 spiro atoms. The molecule has 1 aromatic carbocycles. The first-order valence-corrected chi connectivity index (χ1v) is 5.62. The summed E-state index contributed by atoms with van der Waals surface area (Å²) in [6.45, 7) is 1.69. The highest BCUT2D eigenvalue weighted by Gasteiger charge is 2.33. The van der Waals surface area contributed by atoms with E-state index in [0.717, 1.165) is 0 Å². The van der Waals surface area contributed by atoms with Crippen molar-refractivity contribution in [3.8, 4) is 5.75 Å². The molecule has 0 aromatic heterocycles. The van der Waals surface area contributed by atoms with Crippen LogP contribution in [0.25, 0.3) is 0 Å². The minimum atomic E-state index is -0.845. The second-order valence-corrected chi connectivity index (χ2v) is 4.21. The monoisotopic (exact) mass is 249 g/mol. The van der Waals surface area contributed by atoms with Gasteiger partial charge in [-0.05, 0) is 19.1 Å². The van der Waals surface area contributed by atoms with E-state index >= 15 is 0 Å². The zero-order chi connectivity index (χ0) is 13.3. The lowest BCUT2D eigenvalue weighted by atomic mass is 10.1. The van der Waals surface area contributed by atoms with E-state index in [0.29, 0.717) is 11.4 Å². The molecule has 2 rings (SSSR count). The molecule has 0 saturated carbocycles. The Kier molecular flexibility index (Phi) is 3.20. The zero-order valence-corrected chi connectivity index (χ0v) is 10.00. The number of carbonyl (C=O) groups excluding carboxylic acids is 2. The minimum absolute atomic E-state index is 0.0900. The van der Waals surface area contributed by atoms with Crippen LogP contribution in [0.4, 0.5) is 5.69 Å². The van der Waals surface area contributed by atoms with Crippen LogP contribution in [0.2, 0.25) is 0 Å². The van der Waals surface area contributed by atoms with E-state index in [1.807, 2.05) is 0 Å². The number of para-hydroxylation sites is 2. The van der Waals surface area contributed by atoms with Gasteiger partial charge in [0, 0.05) is 0 Å². The molecule has 0 fully saturated rings. The molecule has 0 radical (unpaired) electrons. The predicted molar refractivity (Wildman–Crippen MR) is 66.1 cm³/mol. The highest BCUT2D eigenvalue weighted by Crippen LogP contribution is 2.33. The van der Waals surface area contributed by atoms with Crippen molar-refractivity contribution in [2.45, 2.75) is 19.1 Å². The van der Waals surface area contributed by atoms with Crippen molar-refractivity contribution in [1.29, 1.82) is 0 Å². The molecule has 1 heterocycles. The molecule has 1 unspecified atom stereocenters. The van der Waals surface area contributed by atoms with E-state index in [-0.39, 0.29) is 12.5 Å². The summed E-state index contributed by atoms with van der Waals surface area (Å²) < 4.78 is 5.44. The Bertz CT molecular complexity index is 487. The fourth-order valence-electron chi connectivity index (χ4n) is 1.84. The Morgan fingerprint density at radius 3 is 2.72 bits per heavy atom. The molecule has 2 atom stereocenters. The summed E-state index contributed by atoms with van der Waals surface area (Å²) in [6.07, 6.45) is -0.845. The summed E-state index contributed by atoms with van der Waals surface area (Å²) in [5.41, 5.74) is 11.4. The number of nitrogens with two attached hydrogens (primary N) is 2. The first kappa shape index (κ1) is 12.4. The number of fused-ring (bicyclic) bond motifs is 1. The van der Waals surface area contributed by atoms with Gasteiger partial charge in [-0.25, -0.2) is 0 Å². The third kappa shape index (κ3) is 2.14. The molecule has 6 heteroatoms. The molecule has 96 valence electrons. The quantitative estimate of drug-likeness (QED) is 0.745. The number of amides is 2. The van der Waals surface area contributed by atoms with Crippen LogP contribution in [0.3, 0.4) is 0 Å². The van der Waals surface area contributed by atoms with Crippen LogP contribution >= 0.6 is 0 Å². The largest absolute Gasteiger partial charge is 0.477 e. The van der Waals surface area contributed by atoms with Crippen LogP contribution in [-0.4, -0.2) is 30.5 Å². The molecule has 0 aliphatic carbocycles. The van der Waals surface area contributed by atoms with Crippen LogP contribution in [0.1, 0.15) is 6.92 Å². The van der Waals surface area contributed by atoms with Crippen LogP contribution < -0.4 is 21.1 Å². The van der Waals surface area contributed by atoms with Gasteiger partial charge in [-0.1, -0.05) is 12.1 Å². The second-order valence-electron chi connectivity index (χ2n) is 4.21. The predicted octanol–water partition coefficient (Wildman–Crippen LogP) is -0.387. The maximum Gasteiger partial charge on any atom is 0.260 e. The smallest absolute Gasteiger partial charge is 0.260 e. The molecule has 6 nitrogen and oxygen atoms in total. The Morgan fingerprint density at radius 2 is 2.11 bits per heavy atom. The molecule has 0 bridgehead atoms. The molecular formula is C12H15N3O3. The van der Waals surface area contributed by atoms with Crippen molar-refractivity contribution in [2.75, 3.05) is 11.4 Å². The van der Waals surface area contributed by atoms with Gasteiger partial charge in [-0.15, -0.1) is 0 Å². The Balaban J connectivity index is 2.39. The maximum absolute atomic E-state index is 12.0. The Labute approximate surface area is 104 Å². The van der Waals surface area contributed by atoms with Crippen molar-refractivity contribution < 1.29 is 14.3 Å². The van der Waals surface area contributed by atoms with E-state index in [1.165, 1.54) is 4.90 Å². The molecule has 18 heavy (non-hydrogen) atoms. The topological polar surface area (TPSA) is 98.7 Å². The molecule has 1 aliphatic heterocycles. The normalized spacial score (nSPS) is 19.7. The molecule has 0 saturated heterocycles. The van der Waals surface area contributed by atoms with Gasteiger partial charge in [0.1, 0.15) is 5.75 Å². The average molecular weight is 249 g/mol. The summed E-state index contributed by atoms with van der Waals surface area (Å²) in [4.78, 5) is 24.7. The van der Waals surface area contributed by atoms with Gasteiger partial charge in [0.2, 0.25) is 5.91 Å². The molecule has 2 amide bonds. The highest BCUT2D eigenvalue weighted by atomic mass is 16.5. The second kappa shape index (κ2) is 4.66. The van der Waals surface area contributed by atoms with Crippen molar-refractivity contribution >= 4 is 17.5 Å². The fourth-order valence-corrected chi connectivity index (χ4v) is 1.84. The van der Waals surface area contributed by atoms with Crippen LogP contribution in [0.15, 0.2) is 24.3 Å². The lowest BCUT2D eigenvalue weighted by molar-refractivity contribution is -0.125. The summed E-state index contributed by atoms with van der Waals surface area (Å²) in [6, 6.07) is 6.33. The lowest BCUT2D eigenvalue weighted by Crippen LogP contribution is -2.52. The maximum atomic E-state index is 12.0. The van der Waals surface area contributed by atoms with Gasteiger partial charge < -0.3 is 21.1 Å². The van der Waals surface area contributed by atoms with Gasteiger partial charge in [0.25, 0.3) is 5.91 Å². The standard InChI is InChI=1S/C12H15N3O3/c1-7(13)12(17)15-6-10(11(14)16)18-9-5-3-2-4-8(9)15/h2-5,7,10H,6,13H2,1H3,(H2,14,16)/t7-,10?/m0/s1. The third-order valence-corrected chi connectivity index (χ3v) is 2.75. The van der Waals surface area contributed by atoms with E-state index in [1.54, 1.807) is 31.2 Å². The number of benzene rings is 1. The summed E-state index contributed by atoms with van der Waals surface area (Å²) in [5.74, 6) is -0.412. The zero-order valence-electron chi connectivity index (χ0n) is 10.00. The van der Waals surface area contributed by atoms with E-state index in [9.17, 15) is 9.59 Å². The number of nitrogens with zero attached hydrogens (tertiary/aromatic N) is 1. The molecule has 1 aliphatic rings. The number of carbonyl (C=O) groups is 2. The third-order valence-electron chi connectivity index (χ3n) is 2.75. The SMILES string of the molecule is C[C@H](N)C(=O)N1CC(C(N)=O)Oc2ccccc21. The van der Waals surface area contributed by atoms with E-state index in [4.69, 9.17) is 16.2 Å². The van der Waals surface area contributed by atoms with Gasteiger partial charge in [0.15, 0.2) is 6.10 Å². The lowest BCUT2D eigenvalue weighted by Gasteiger charge is -2.34. The first-order valence-electron chi connectivity index (χ1n) is 5.62. The van der Waals surface area contributed by atoms with E-state index < -0.39 is 18.1 Å². The molecule has 1 aromatic rings. The number of ether oxygens (including phenoxy) is 1. The minimum Gasteiger partial charge on any atom is -0.477 e. The highest BCUT2D eigenvalue weighted by molar-refractivity contribution is 5.99. The summed E-state index contributed by atoms with van der Waals surface area (Å²) >= 11 is 0. The van der Waals surface area contributed by atoms with E-state index in [2.05, 4.69) is 0 Å². The number of anilines is 1. The Hall–Kier alpha value is -2.08. The average Bonchev–Trinajstić information content (AvgIpc) is 2.36. The van der Waals surface area contributed by atoms with Crippen LogP contribution in [0.5, 0.6) is 5.75 Å². The first-order chi connectivity index (χ1) is 8.50. The van der Waals surface area contributed by atoms with Crippen LogP contribution in [-0.2, 0) is 9.59 Å². The fraction of sp³-hybridized carbons (Fsp3) is 0.333. The van der Waals surface area contributed by atoms with Crippen LogP contribution in [0, 0.1) is 0 Å². The van der Waals surface area contributed by atoms with Crippen molar-refractivity contribution in [3.63, 3.8) is 0 Å². The molecular weight excluding hydrogens is 234 g/mol. The van der Waals surface area contributed by atoms with Gasteiger partial charge in [0.05, 0.1) is 18.3 Å².